The quantitative estimate of drug-likeness (QED) is 0.134. The molecule has 0 bridgehead atoms. The minimum atomic E-state index is -2.08. The first-order valence-corrected chi connectivity index (χ1v) is 16.8. The van der Waals surface area contributed by atoms with Crippen LogP contribution in [0.2, 0.25) is 19.6 Å². The summed E-state index contributed by atoms with van der Waals surface area (Å²) >= 11 is 0. The molecule has 6 aromatic rings. The van der Waals surface area contributed by atoms with Gasteiger partial charge in [0.2, 0.25) is 0 Å². The van der Waals surface area contributed by atoms with E-state index in [0.29, 0.717) is 16.8 Å². The molecule has 0 atom stereocenters. The first-order valence-electron chi connectivity index (χ1n) is 14.8. The summed E-state index contributed by atoms with van der Waals surface area (Å²) in [6.07, 6.45) is 3.20. The number of para-hydroxylation sites is 1. The number of aryl methyl sites for hydroxylation is 1. The van der Waals surface area contributed by atoms with E-state index < -0.39 is 14.9 Å². The van der Waals surface area contributed by atoms with Crippen LogP contribution in [0.1, 0.15) is 35.0 Å². The number of pyridine rings is 2. The largest absolute Gasteiger partial charge is 0.501 e. The van der Waals surface area contributed by atoms with Crippen molar-refractivity contribution >= 4 is 35.2 Å². The Balaban J connectivity index is 0.000000199. The Morgan fingerprint density at radius 1 is 0.902 bits per heavy atom. The predicted octanol–water partition coefficient (Wildman–Crippen LogP) is 9.11. The maximum absolute atomic E-state index is 13.9. The van der Waals surface area contributed by atoms with Crippen LogP contribution in [0, 0.1) is 24.8 Å². The maximum atomic E-state index is 13.9. The number of fused-ring (bicyclic) bond motifs is 3. The number of hydrogen-bond donors (Lipinski definition) is 0. The van der Waals surface area contributed by atoms with E-state index in [-0.39, 0.29) is 31.8 Å². The topological polar surface area (TPSA) is 38.9 Å². The summed E-state index contributed by atoms with van der Waals surface area (Å²) in [5.41, 5.74) is 5.61. The molecule has 0 fully saturated rings. The van der Waals surface area contributed by atoms with Crippen molar-refractivity contribution in [2.24, 2.45) is 0 Å². The van der Waals surface area contributed by atoms with Gasteiger partial charge in [-0.05, 0) is 34.1 Å². The Labute approximate surface area is 260 Å². The number of rotatable bonds is 4. The van der Waals surface area contributed by atoms with E-state index in [0.717, 1.165) is 38.8 Å². The molecule has 3 nitrogen and oxygen atoms in total. The fraction of sp³-hybridized carbons (Fsp3) is 0.200. The molecule has 0 amide bonds. The van der Waals surface area contributed by atoms with Crippen molar-refractivity contribution in [3.63, 3.8) is 0 Å². The number of nitrogens with zero attached hydrogens (tertiary/aromatic N) is 2. The van der Waals surface area contributed by atoms with Crippen molar-refractivity contribution in [1.82, 2.24) is 9.97 Å². The summed E-state index contributed by atoms with van der Waals surface area (Å²) in [5, 5.41) is 3.39. The van der Waals surface area contributed by atoms with Gasteiger partial charge in [-0.1, -0.05) is 87.7 Å². The number of aromatic nitrogens is 2. The molecule has 6 rings (SSSR count). The zero-order valence-electron chi connectivity index (χ0n) is 26.7. The van der Waals surface area contributed by atoms with Crippen molar-refractivity contribution in [2.75, 3.05) is 0 Å². The van der Waals surface area contributed by atoms with Gasteiger partial charge in [0, 0.05) is 35.8 Å². The second-order valence-corrected chi connectivity index (χ2v) is 16.2. The second kappa shape index (κ2) is 12.6. The fourth-order valence-electron chi connectivity index (χ4n) is 4.50. The molecule has 0 N–H and O–H groups in total. The van der Waals surface area contributed by atoms with Crippen molar-refractivity contribution < 1.29 is 33.0 Å². The number of furan rings is 1. The molecule has 0 aliphatic carbocycles. The van der Waals surface area contributed by atoms with E-state index in [1.165, 1.54) is 17.4 Å². The Kier molecular flexibility index (Phi) is 8.13. The second-order valence-electron chi connectivity index (χ2n) is 11.1. The molecule has 3 aromatic carbocycles. The molecular weight excluding hydrogens is 704 g/mol. The van der Waals surface area contributed by atoms with Crippen molar-refractivity contribution in [1.29, 1.82) is 0 Å². The fourth-order valence-corrected chi connectivity index (χ4v) is 5.53. The molecule has 41 heavy (non-hydrogen) atoms. The van der Waals surface area contributed by atoms with Crippen LogP contribution in [0.4, 0.5) is 4.39 Å². The monoisotopic (exact) mass is 740 g/mol. The van der Waals surface area contributed by atoms with Gasteiger partial charge in [-0.15, -0.1) is 53.6 Å². The van der Waals surface area contributed by atoms with Gasteiger partial charge in [0.15, 0.2) is 0 Å². The van der Waals surface area contributed by atoms with E-state index in [1.54, 1.807) is 18.2 Å². The van der Waals surface area contributed by atoms with Crippen LogP contribution in [0.25, 0.3) is 44.5 Å². The third-order valence-corrected chi connectivity index (χ3v) is 8.85. The minimum Gasteiger partial charge on any atom is -0.501 e. The number of hydrogen-bond acceptors (Lipinski definition) is 3. The molecule has 1 radical (unpaired) electrons. The summed E-state index contributed by atoms with van der Waals surface area (Å²) in [4.78, 5) is 8.72. The van der Waals surface area contributed by atoms with Gasteiger partial charge >= 0.3 is 0 Å². The molecule has 3 aromatic heterocycles. The summed E-state index contributed by atoms with van der Waals surface area (Å²) in [7, 11) is -1.34. The number of halogens is 1. The Bertz CT molecular complexity index is 1820. The molecule has 6 heteroatoms. The van der Waals surface area contributed by atoms with Crippen molar-refractivity contribution in [2.45, 2.75) is 46.3 Å². The molecule has 0 saturated heterocycles. The van der Waals surface area contributed by atoms with Gasteiger partial charge in [-0.2, -0.15) is 0 Å². The van der Waals surface area contributed by atoms with Gasteiger partial charge in [-0.25, -0.2) is 4.39 Å². The van der Waals surface area contributed by atoms with E-state index in [2.05, 4.69) is 47.8 Å². The normalized spacial score (nSPS) is 12.7. The van der Waals surface area contributed by atoms with Gasteiger partial charge in [0.25, 0.3) is 0 Å². The zero-order chi connectivity index (χ0) is 30.9. The standard InChI is InChI=1S/C20H15FNO.C15H18NSi.Ir/c1-12(2)16-10-18(22-11-17(16)21)15-8-5-7-14-13-6-3-4-9-19(13)23-20(14)15;1-12-5-7-13(8-6-12)15-10-9-14(11-16-15)17(2,3)4;/h3-7,9-12H,1-2H3;5-7,9-11H,1-4H3;/q2*-1;/i;1D3;. The van der Waals surface area contributed by atoms with Gasteiger partial charge in [0.05, 0.1) is 19.9 Å². The minimum absolute atomic E-state index is 0. The van der Waals surface area contributed by atoms with Crippen LogP contribution in [0.5, 0.6) is 0 Å². The maximum Gasteiger partial charge on any atom is 0.143 e. The Morgan fingerprint density at radius 3 is 2.34 bits per heavy atom. The van der Waals surface area contributed by atoms with Crippen molar-refractivity contribution in [3.8, 4) is 22.5 Å². The molecule has 0 aliphatic rings. The third kappa shape index (κ3) is 6.73. The summed E-state index contributed by atoms with van der Waals surface area (Å²) < 4.78 is 42.0. The number of benzene rings is 3. The molecule has 0 spiro atoms. The van der Waals surface area contributed by atoms with E-state index in [4.69, 9.17) is 8.53 Å². The van der Waals surface area contributed by atoms with Crippen LogP contribution in [-0.4, -0.2) is 18.0 Å². The summed E-state index contributed by atoms with van der Waals surface area (Å²) in [6.45, 7) is 8.69. The summed E-state index contributed by atoms with van der Waals surface area (Å²) in [6, 6.07) is 28.7. The third-order valence-electron chi connectivity index (χ3n) is 6.82. The molecule has 0 aliphatic heterocycles. The van der Waals surface area contributed by atoms with Gasteiger partial charge < -0.3 is 14.4 Å². The smallest absolute Gasteiger partial charge is 0.143 e. The Morgan fingerprint density at radius 2 is 1.68 bits per heavy atom. The van der Waals surface area contributed by atoms with Gasteiger partial charge in [0.1, 0.15) is 11.4 Å². The average molecular weight is 740 g/mol. The molecule has 3 heterocycles. The van der Waals surface area contributed by atoms with Gasteiger partial charge in [-0.3, -0.25) is 0 Å². The van der Waals surface area contributed by atoms with Crippen LogP contribution in [0.3, 0.4) is 0 Å². The molecule has 0 unspecified atom stereocenters. The van der Waals surface area contributed by atoms with Crippen LogP contribution in [0.15, 0.2) is 89.6 Å². The molecule has 211 valence electrons. The molecule has 0 saturated carbocycles. The predicted molar refractivity (Wildman–Crippen MR) is 166 cm³/mol. The molecular formula is C35H33FIrN2OSi-2. The zero-order valence-corrected chi connectivity index (χ0v) is 27.1. The SMILES string of the molecule is CC(C)c1cc(-c2[c-]ccc3c2oc2ccccc23)ncc1F.[2H]C([2H])([2H])c1c[c-]c(-c2ccc([Si](C)(C)C)cn2)cc1.[Ir]. The van der Waals surface area contributed by atoms with Crippen LogP contribution >= 0.6 is 0 Å². The van der Waals surface area contributed by atoms with Crippen LogP contribution in [-0.2, 0) is 20.1 Å². The van der Waals surface area contributed by atoms with Crippen molar-refractivity contribution in [3.05, 3.63) is 114 Å². The average Bonchev–Trinajstić information content (AvgIpc) is 3.36. The first-order chi connectivity index (χ1) is 20.3. The Hall–Kier alpha value is -3.44. The first kappa shape index (κ1) is 26.5. The van der Waals surface area contributed by atoms with E-state index in [1.807, 2.05) is 62.5 Å². The summed E-state index contributed by atoms with van der Waals surface area (Å²) in [5.74, 6) is -0.188. The van der Waals surface area contributed by atoms with E-state index >= 15 is 0 Å². The van der Waals surface area contributed by atoms with Crippen LogP contribution < -0.4 is 5.19 Å². The van der Waals surface area contributed by atoms with E-state index in [9.17, 15) is 4.39 Å².